The number of aryl methyl sites for hydroxylation is 2. The first-order valence-corrected chi connectivity index (χ1v) is 11.1. The summed E-state index contributed by atoms with van der Waals surface area (Å²) in [5.74, 6) is 2.48. The molecule has 0 saturated heterocycles. The van der Waals surface area contributed by atoms with Crippen molar-refractivity contribution in [2.75, 3.05) is 32.8 Å². The van der Waals surface area contributed by atoms with E-state index < -0.39 is 0 Å². The number of nitrogens with zero attached hydrogens (tertiary/aromatic N) is 2. The summed E-state index contributed by atoms with van der Waals surface area (Å²) in [7, 11) is 0. The number of guanidine groups is 1. The van der Waals surface area contributed by atoms with E-state index in [9.17, 15) is 0 Å². The van der Waals surface area contributed by atoms with E-state index in [0.29, 0.717) is 19.8 Å². The van der Waals surface area contributed by atoms with Gasteiger partial charge in [0.2, 0.25) is 0 Å². The first-order valence-electron chi connectivity index (χ1n) is 10.2. The summed E-state index contributed by atoms with van der Waals surface area (Å²) in [6.07, 6.45) is 0.898. The van der Waals surface area contributed by atoms with Gasteiger partial charge in [-0.2, -0.15) is 0 Å². The van der Waals surface area contributed by atoms with Crippen LogP contribution in [0.25, 0.3) is 0 Å². The van der Waals surface area contributed by atoms with Gasteiger partial charge in [-0.25, -0.2) is 4.98 Å². The van der Waals surface area contributed by atoms with E-state index in [1.54, 1.807) is 11.3 Å². The van der Waals surface area contributed by atoms with E-state index in [0.717, 1.165) is 42.7 Å². The standard InChI is InChI=1S/C22H32N4O2S.HI/c1-6-23-21(24-10-9-20-26-15(2)16(3)29-20)25-14-22(4,5)17-7-8-18-19(13-17)28-12-11-27-18;/h7-8,13H,6,9-12,14H2,1-5H3,(H2,23,24,25);1H. The molecule has 30 heavy (non-hydrogen) atoms. The minimum absolute atomic E-state index is 0. The summed E-state index contributed by atoms with van der Waals surface area (Å²) in [6.45, 7) is 14.2. The van der Waals surface area contributed by atoms with Crippen molar-refractivity contribution in [3.63, 3.8) is 0 Å². The van der Waals surface area contributed by atoms with Crippen LogP contribution in [0, 0.1) is 13.8 Å². The number of benzene rings is 1. The average Bonchev–Trinajstić information content (AvgIpc) is 3.03. The number of rotatable bonds is 7. The molecule has 6 nitrogen and oxygen atoms in total. The van der Waals surface area contributed by atoms with Crippen molar-refractivity contribution in [1.29, 1.82) is 0 Å². The Kier molecular flexibility index (Phi) is 9.21. The van der Waals surface area contributed by atoms with Crippen molar-refractivity contribution >= 4 is 41.3 Å². The minimum Gasteiger partial charge on any atom is -0.486 e. The lowest BCUT2D eigenvalue weighted by Gasteiger charge is -2.26. The van der Waals surface area contributed by atoms with E-state index in [-0.39, 0.29) is 29.4 Å². The summed E-state index contributed by atoms with van der Waals surface area (Å²) in [5, 5.41) is 7.94. The molecule has 0 amide bonds. The fourth-order valence-electron chi connectivity index (χ4n) is 3.11. The predicted octanol–water partition coefficient (Wildman–Crippen LogP) is 4.22. The van der Waals surface area contributed by atoms with E-state index >= 15 is 0 Å². The highest BCUT2D eigenvalue weighted by atomic mass is 127. The van der Waals surface area contributed by atoms with Crippen LogP contribution in [0.5, 0.6) is 11.5 Å². The highest BCUT2D eigenvalue weighted by molar-refractivity contribution is 14.0. The molecular weight excluding hydrogens is 511 g/mol. The second kappa shape index (κ2) is 11.2. The fourth-order valence-corrected chi connectivity index (χ4v) is 4.04. The zero-order valence-corrected chi connectivity index (χ0v) is 21.6. The number of nitrogens with one attached hydrogen (secondary N) is 2. The molecule has 0 fully saturated rings. The minimum atomic E-state index is -0.123. The molecule has 1 aliphatic rings. The Bertz CT molecular complexity index is 847. The van der Waals surface area contributed by atoms with Crippen molar-refractivity contribution in [2.45, 2.75) is 46.5 Å². The molecule has 0 aliphatic carbocycles. The van der Waals surface area contributed by atoms with Gasteiger partial charge in [-0.1, -0.05) is 19.9 Å². The van der Waals surface area contributed by atoms with Crippen LogP contribution in [0.1, 0.15) is 41.9 Å². The highest BCUT2D eigenvalue weighted by Gasteiger charge is 2.23. The lowest BCUT2D eigenvalue weighted by atomic mass is 9.84. The average molecular weight is 545 g/mol. The number of hydrogen-bond acceptors (Lipinski definition) is 5. The molecule has 2 N–H and O–H groups in total. The molecule has 2 aromatic rings. The van der Waals surface area contributed by atoms with Crippen molar-refractivity contribution in [1.82, 2.24) is 15.6 Å². The summed E-state index contributed by atoms with van der Waals surface area (Å²) in [6, 6.07) is 6.19. The van der Waals surface area contributed by atoms with Crippen LogP contribution in [-0.4, -0.2) is 43.8 Å². The Balaban J connectivity index is 0.00000320. The first-order chi connectivity index (χ1) is 13.9. The maximum atomic E-state index is 5.74. The Morgan fingerprint density at radius 2 is 1.90 bits per heavy atom. The van der Waals surface area contributed by atoms with Gasteiger partial charge < -0.3 is 20.1 Å². The molecule has 0 atom stereocenters. The summed E-state index contributed by atoms with van der Waals surface area (Å²) in [5.41, 5.74) is 2.20. The summed E-state index contributed by atoms with van der Waals surface area (Å²) < 4.78 is 11.4. The molecule has 2 heterocycles. The van der Waals surface area contributed by atoms with Gasteiger partial charge in [0.15, 0.2) is 17.5 Å². The summed E-state index contributed by atoms with van der Waals surface area (Å²) >= 11 is 1.77. The monoisotopic (exact) mass is 544 g/mol. The van der Waals surface area contributed by atoms with Gasteiger partial charge in [-0.3, -0.25) is 4.99 Å². The van der Waals surface area contributed by atoms with Gasteiger partial charge >= 0.3 is 0 Å². The largest absolute Gasteiger partial charge is 0.486 e. The molecule has 0 saturated carbocycles. The zero-order chi connectivity index (χ0) is 20.9. The molecular formula is C22H33IN4O2S. The van der Waals surface area contributed by atoms with E-state index in [1.165, 1.54) is 15.4 Å². The second-order valence-electron chi connectivity index (χ2n) is 7.86. The topological polar surface area (TPSA) is 67.8 Å². The van der Waals surface area contributed by atoms with Crippen molar-refractivity contribution in [3.8, 4) is 11.5 Å². The molecule has 3 rings (SSSR count). The molecule has 0 bridgehead atoms. The van der Waals surface area contributed by atoms with Crippen molar-refractivity contribution in [3.05, 3.63) is 39.3 Å². The lowest BCUT2D eigenvalue weighted by Crippen LogP contribution is -2.39. The van der Waals surface area contributed by atoms with Crippen molar-refractivity contribution < 1.29 is 9.47 Å². The van der Waals surface area contributed by atoms with Gasteiger partial charge in [0.1, 0.15) is 13.2 Å². The number of fused-ring (bicyclic) bond motifs is 1. The summed E-state index contributed by atoms with van der Waals surface area (Å²) in [4.78, 5) is 10.7. The van der Waals surface area contributed by atoms with Crippen molar-refractivity contribution in [2.24, 2.45) is 4.99 Å². The smallest absolute Gasteiger partial charge is 0.191 e. The molecule has 0 unspecified atom stereocenters. The van der Waals surface area contributed by atoms with Crippen LogP contribution in [0.2, 0.25) is 0 Å². The van der Waals surface area contributed by atoms with E-state index in [2.05, 4.69) is 62.4 Å². The van der Waals surface area contributed by atoms with Gasteiger partial charge in [-0.05, 0) is 38.5 Å². The van der Waals surface area contributed by atoms with Crippen LogP contribution < -0.4 is 20.1 Å². The Labute approximate surface area is 200 Å². The number of ether oxygens (including phenoxy) is 2. The predicted molar refractivity (Wildman–Crippen MR) is 135 cm³/mol. The third-order valence-electron chi connectivity index (χ3n) is 5.00. The third-order valence-corrected chi connectivity index (χ3v) is 6.14. The maximum Gasteiger partial charge on any atom is 0.191 e. The van der Waals surface area contributed by atoms with Gasteiger partial charge in [0, 0.05) is 29.8 Å². The Morgan fingerprint density at radius 1 is 1.17 bits per heavy atom. The number of hydrogen-bond donors (Lipinski definition) is 2. The number of halogens is 1. The van der Waals surface area contributed by atoms with Gasteiger partial charge in [0.25, 0.3) is 0 Å². The van der Waals surface area contributed by atoms with Crippen LogP contribution in [0.15, 0.2) is 23.2 Å². The molecule has 1 aromatic heterocycles. The molecule has 1 aromatic carbocycles. The Morgan fingerprint density at radius 3 is 2.57 bits per heavy atom. The van der Waals surface area contributed by atoms with E-state index in [1.807, 2.05) is 6.07 Å². The van der Waals surface area contributed by atoms with Crippen LogP contribution in [0.3, 0.4) is 0 Å². The number of aliphatic imine (C=N–C) groups is 1. The fraction of sp³-hybridized carbons (Fsp3) is 0.545. The second-order valence-corrected chi connectivity index (χ2v) is 9.15. The molecule has 0 radical (unpaired) electrons. The molecule has 0 spiro atoms. The lowest BCUT2D eigenvalue weighted by molar-refractivity contribution is 0.171. The van der Waals surface area contributed by atoms with Crippen LogP contribution in [-0.2, 0) is 11.8 Å². The quantitative estimate of drug-likeness (QED) is 0.311. The number of aromatic nitrogens is 1. The third kappa shape index (κ3) is 6.47. The molecule has 166 valence electrons. The SMILES string of the molecule is CCNC(=NCC(C)(C)c1ccc2c(c1)OCCO2)NCCc1nc(C)c(C)s1.I. The maximum absolute atomic E-state index is 5.74. The number of thiazole rings is 1. The first kappa shape index (κ1) is 24.7. The van der Waals surface area contributed by atoms with E-state index in [4.69, 9.17) is 14.5 Å². The van der Waals surface area contributed by atoms with Crippen LogP contribution >= 0.6 is 35.3 Å². The molecule has 1 aliphatic heterocycles. The molecule has 8 heteroatoms. The normalized spacial score (nSPS) is 13.6. The van der Waals surface area contributed by atoms with Crippen LogP contribution in [0.4, 0.5) is 0 Å². The van der Waals surface area contributed by atoms with Gasteiger partial charge in [0.05, 0.1) is 17.2 Å². The highest BCUT2D eigenvalue weighted by Crippen LogP contribution is 2.35. The zero-order valence-electron chi connectivity index (χ0n) is 18.5. The van der Waals surface area contributed by atoms with Gasteiger partial charge in [-0.15, -0.1) is 35.3 Å². The Hall–Kier alpha value is -1.55.